The van der Waals surface area contributed by atoms with E-state index in [0.29, 0.717) is 34.1 Å². The van der Waals surface area contributed by atoms with Crippen molar-refractivity contribution in [3.63, 3.8) is 0 Å². The molecule has 4 saturated carbocycles. The normalized spacial score (nSPS) is 24.8. The molecule has 6 aromatic rings. The first kappa shape index (κ1) is 38.5. The minimum atomic E-state index is -1.12. The highest BCUT2D eigenvalue weighted by Crippen LogP contribution is 2.72. The second-order valence-electron chi connectivity index (χ2n) is 17.9. The number of para-hydroxylation sites is 1. The molecule has 11 nitrogen and oxygen atoms in total. The van der Waals surface area contributed by atoms with Gasteiger partial charge in [-0.05, 0) is 122 Å². The van der Waals surface area contributed by atoms with Crippen LogP contribution in [0.4, 0.5) is 5.13 Å². The fraction of sp³-hybridized carbons (Fsp3) is 0.413. The summed E-state index contributed by atoms with van der Waals surface area (Å²) in [6, 6.07) is 22.8. The molecule has 0 radical (unpaired) electrons. The summed E-state index contributed by atoms with van der Waals surface area (Å²) < 4.78 is 9.91. The molecule has 4 aliphatic rings. The van der Waals surface area contributed by atoms with Crippen molar-refractivity contribution < 1.29 is 24.5 Å². The molecule has 300 valence electrons. The quantitative estimate of drug-likeness (QED) is 0.0793. The lowest BCUT2D eigenvalue weighted by molar-refractivity contribution is -0.247. The van der Waals surface area contributed by atoms with Crippen LogP contribution in [0, 0.1) is 23.2 Å². The van der Waals surface area contributed by atoms with Crippen LogP contribution >= 0.6 is 11.3 Å². The summed E-state index contributed by atoms with van der Waals surface area (Å²) in [5, 5.41) is 33.1. The van der Waals surface area contributed by atoms with Crippen LogP contribution < -0.4 is 10.6 Å². The van der Waals surface area contributed by atoms with Gasteiger partial charge in [0.1, 0.15) is 0 Å². The molecule has 3 aromatic heterocycles. The highest BCUT2D eigenvalue weighted by molar-refractivity contribution is 7.22. The van der Waals surface area contributed by atoms with Gasteiger partial charge in [0.05, 0.1) is 34.3 Å². The number of amides is 1. The van der Waals surface area contributed by atoms with E-state index in [4.69, 9.17) is 19.9 Å². The molecular formula is C46H50N6O5S. The van der Waals surface area contributed by atoms with E-state index in [1.807, 2.05) is 73.7 Å². The molecule has 0 aliphatic heterocycles. The van der Waals surface area contributed by atoms with Crippen LogP contribution in [-0.4, -0.2) is 73.7 Å². The zero-order valence-corrected chi connectivity index (χ0v) is 34.1. The first-order valence-electron chi connectivity index (χ1n) is 20.3. The number of ether oxygens (including phenoxy) is 1. The average Bonchev–Trinajstić information content (AvgIpc) is 3.75. The van der Waals surface area contributed by atoms with Crippen molar-refractivity contribution in [2.75, 3.05) is 31.6 Å². The molecule has 0 saturated heterocycles. The maximum Gasteiger partial charge on any atom is 0.355 e. The summed E-state index contributed by atoms with van der Waals surface area (Å²) in [4.78, 5) is 35.8. The Morgan fingerprint density at radius 1 is 0.897 bits per heavy atom. The maximum absolute atomic E-state index is 13.6. The molecule has 3 aromatic carbocycles. The molecule has 3 heterocycles. The predicted octanol–water partition coefficient (Wildman–Crippen LogP) is 8.74. The van der Waals surface area contributed by atoms with Crippen LogP contribution in [0.1, 0.15) is 85.3 Å². The number of fused-ring (bicyclic) bond motifs is 2. The molecule has 4 fully saturated rings. The van der Waals surface area contributed by atoms with Gasteiger partial charge in [0.25, 0.3) is 5.91 Å². The summed E-state index contributed by atoms with van der Waals surface area (Å²) in [5.74, 6) is -1.39. The van der Waals surface area contributed by atoms with Gasteiger partial charge in [-0.25, -0.2) is 14.8 Å². The van der Waals surface area contributed by atoms with E-state index in [-0.39, 0.29) is 40.1 Å². The number of carboxylic acid groups (broad SMARTS) is 1. The van der Waals surface area contributed by atoms with Gasteiger partial charge >= 0.3 is 5.97 Å². The minimum absolute atomic E-state index is 0.0224. The van der Waals surface area contributed by atoms with Gasteiger partial charge < -0.3 is 20.3 Å². The van der Waals surface area contributed by atoms with Crippen molar-refractivity contribution in [2.45, 2.75) is 77.9 Å². The Morgan fingerprint density at radius 2 is 1.71 bits per heavy atom. The molecule has 4 N–H and O–H groups in total. The third-order valence-corrected chi connectivity index (χ3v) is 13.7. The lowest BCUT2D eigenvalue weighted by Crippen LogP contribution is -2.64. The summed E-state index contributed by atoms with van der Waals surface area (Å²) in [5.41, 5.74) is 4.91. The van der Waals surface area contributed by atoms with Crippen LogP contribution in [0.3, 0.4) is 0 Å². The Balaban J connectivity index is 0.975. The molecule has 0 spiro atoms. The minimum Gasteiger partial charge on any atom is -0.476 e. The van der Waals surface area contributed by atoms with Crippen molar-refractivity contribution >= 4 is 49.3 Å². The summed E-state index contributed by atoms with van der Waals surface area (Å²) in [6.45, 7) is 10.1. The van der Waals surface area contributed by atoms with E-state index >= 15 is 0 Å². The summed E-state index contributed by atoms with van der Waals surface area (Å²) in [6.07, 6.45) is 9.13. The molecule has 58 heavy (non-hydrogen) atoms. The summed E-state index contributed by atoms with van der Waals surface area (Å²) in [7, 11) is 0. The van der Waals surface area contributed by atoms with Crippen LogP contribution in [0.25, 0.3) is 43.4 Å². The zero-order chi connectivity index (χ0) is 40.3. The largest absolute Gasteiger partial charge is 0.476 e. The molecule has 10 rings (SSSR count). The molecule has 4 aliphatic carbocycles. The molecule has 4 bridgehead atoms. The fourth-order valence-electron chi connectivity index (χ4n) is 11.7. The number of rotatable bonds is 14. The topological polar surface area (TPSA) is 151 Å². The Hall–Kier alpha value is -5.01. The zero-order valence-electron chi connectivity index (χ0n) is 33.3. The molecule has 2 unspecified atom stereocenters. The Morgan fingerprint density at radius 3 is 2.48 bits per heavy atom. The standard InChI is InChI=1S/C46H50N6O5S/c1-29-35(21-48-52(29)28-45-23-43(2)22-44(3,24-45)26-46(25-43,27-45)57-19-17-47-16-7-18-53)32-14-15-36(49-39(32)41(55)56)31-13-12-30-8-6-9-33(34(30)20-31)40(54)51-42-50-37-10-4-5-11-38(37)58-42/h4-6,8-15,20-21,47,53H,7,16-19,22-28H2,1-3H3,(H,55,56)(H,50,51,54). The van der Waals surface area contributed by atoms with Crippen molar-refractivity contribution in [1.82, 2.24) is 25.1 Å². The number of aromatic carboxylic acids is 1. The van der Waals surface area contributed by atoms with Crippen LogP contribution in [-0.2, 0) is 11.3 Å². The smallest absolute Gasteiger partial charge is 0.355 e. The number of aromatic nitrogens is 4. The van der Waals surface area contributed by atoms with E-state index in [2.05, 4.69) is 34.1 Å². The monoisotopic (exact) mass is 798 g/mol. The third kappa shape index (κ3) is 7.20. The number of carbonyl (C=O) groups excluding carboxylic acids is 1. The van der Waals surface area contributed by atoms with Gasteiger partial charge in [-0.3, -0.25) is 14.8 Å². The second kappa shape index (κ2) is 14.7. The number of nitrogens with zero attached hydrogens (tertiary/aromatic N) is 4. The maximum atomic E-state index is 13.6. The molecule has 1 amide bonds. The number of carbonyl (C=O) groups is 2. The number of carboxylic acids is 1. The van der Waals surface area contributed by atoms with Crippen LogP contribution in [0.5, 0.6) is 0 Å². The average molecular weight is 799 g/mol. The number of pyridine rings is 1. The number of hydrogen-bond donors (Lipinski definition) is 4. The number of nitrogens with one attached hydrogen (secondary N) is 2. The number of benzene rings is 3. The summed E-state index contributed by atoms with van der Waals surface area (Å²) >= 11 is 1.42. The van der Waals surface area contributed by atoms with Gasteiger partial charge in [0, 0.05) is 47.6 Å². The van der Waals surface area contributed by atoms with E-state index < -0.39 is 5.97 Å². The predicted molar refractivity (Wildman–Crippen MR) is 227 cm³/mol. The number of anilines is 1. The SMILES string of the molecule is Cc1c(-c2ccc(-c3ccc4cccc(C(=O)Nc5nc6ccccc6s5)c4c3)nc2C(=O)O)cnn1CC12CC3(C)CC(C)(C1)CC(OCCNCCCO)(C3)C2. The lowest BCUT2D eigenvalue weighted by Gasteiger charge is -2.69. The van der Waals surface area contributed by atoms with E-state index in [9.17, 15) is 14.7 Å². The first-order chi connectivity index (χ1) is 27.9. The lowest BCUT2D eigenvalue weighted by atomic mass is 9.39. The van der Waals surface area contributed by atoms with Gasteiger partial charge in [0.15, 0.2) is 10.8 Å². The van der Waals surface area contributed by atoms with Crippen molar-refractivity contribution in [1.29, 1.82) is 0 Å². The first-order valence-corrected chi connectivity index (χ1v) is 21.1. The third-order valence-electron chi connectivity index (χ3n) is 12.8. The van der Waals surface area contributed by atoms with E-state index in [0.717, 1.165) is 90.4 Å². The highest BCUT2D eigenvalue weighted by atomic mass is 32.1. The Labute approximate surface area is 341 Å². The highest BCUT2D eigenvalue weighted by Gasteiger charge is 2.66. The number of aliphatic hydroxyl groups excluding tert-OH is 1. The van der Waals surface area contributed by atoms with E-state index in [1.54, 1.807) is 12.3 Å². The van der Waals surface area contributed by atoms with Crippen LogP contribution in [0.15, 0.2) is 79.0 Å². The van der Waals surface area contributed by atoms with Gasteiger partial charge in [-0.15, -0.1) is 0 Å². The van der Waals surface area contributed by atoms with Crippen molar-refractivity contribution in [3.05, 3.63) is 95.9 Å². The second-order valence-corrected chi connectivity index (χ2v) is 19.0. The molecule has 2 atom stereocenters. The Bertz CT molecular complexity index is 2510. The molecule has 12 heteroatoms. The van der Waals surface area contributed by atoms with E-state index in [1.165, 1.54) is 17.8 Å². The number of hydrogen-bond acceptors (Lipinski definition) is 9. The Kier molecular flexibility index (Phi) is 9.74. The van der Waals surface area contributed by atoms with Gasteiger partial charge in [-0.1, -0.05) is 61.6 Å². The number of aliphatic hydroxyl groups is 1. The molecular weight excluding hydrogens is 749 g/mol. The van der Waals surface area contributed by atoms with Crippen molar-refractivity contribution in [3.8, 4) is 22.4 Å². The van der Waals surface area contributed by atoms with Gasteiger partial charge in [-0.2, -0.15) is 5.10 Å². The van der Waals surface area contributed by atoms with Gasteiger partial charge in [0.2, 0.25) is 0 Å². The number of thiazole rings is 1. The van der Waals surface area contributed by atoms with Crippen molar-refractivity contribution in [2.24, 2.45) is 16.2 Å². The van der Waals surface area contributed by atoms with Crippen LogP contribution in [0.2, 0.25) is 0 Å². The fourth-order valence-corrected chi connectivity index (χ4v) is 12.6.